The largest absolute Gasteiger partial charge is 0.364 e. The molecule has 0 unspecified atom stereocenters. The molecule has 1 aromatic carbocycles. The van der Waals surface area contributed by atoms with Gasteiger partial charge in [0.2, 0.25) is 0 Å². The Morgan fingerprint density at radius 2 is 2.07 bits per heavy atom. The van der Waals surface area contributed by atoms with E-state index in [1.807, 2.05) is 26.1 Å². The summed E-state index contributed by atoms with van der Waals surface area (Å²) in [5, 5.41) is 0.997. The van der Waals surface area contributed by atoms with Crippen molar-refractivity contribution < 1.29 is 4.79 Å². The Hall–Kier alpha value is -1.42. The molecule has 3 nitrogen and oxygen atoms in total. The van der Waals surface area contributed by atoms with Crippen molar-refractivity contribution >= 4 is 29.4 Å². The Balaban J connectivity index is 2.88. The zero-order chi connectivity index (χ0) is 11.2. The van der Waals surface area contributed by atoms with E-state index in [1.54, 1.807) is 10.6 Å². The maximum absolute atomic E-state index is 11.2. The molecular formula is C11H12N2OS. The van der Waals surface area contributed by atoms with Crippen LogP contribution < -0.4 is 5.73 Å². The lowest BCUT2D eigenvalue weighted by Crippen LogP contribution is -2.14. The summed E-state index contributed by atoms with van der Waals surface area (Å²) >= 11 is 4.40. The Morgan fingerprint density at radius 1 is 1.40 bits per heavy atom. The van der Waals surface area contributed by atoms with Crippen LogP contribution >= 0.6 is 12.6 Å². The third-order valence-electron chi connectivity index (χ3n) is 2.51. The van der Waals surface area contributed by atoms with Crippen molar-refractivity contribution in [3.8, 4) is 0 Å². The van der Waals surface area contributed by atoms with Crippen molar-refractivity contribution in [2.75, 3.05) is 0 Å². The molecule has 4 heteroatoms. The van der Waals surface area contributed by atoms with Crippen LogP contribution in [-0.4, -0.2) is 10.5 Å². The fourth-order valence-electron chi connectivity index (χ4n) is 1.86. The number of aromatic nitrogens is 1. The van der Waals surface area contributed by atoms with Gasteiger partial charge in [-0.1, -0.05) is 0 Å². The molecule has 2 aromatic rings. The highest BCUT2D eigenvalue weighted by Gasteiger charge is 2.12. The normalized spacial score (nSPS) is 10.9. The molecule has 15 heavy (non-hydrogen) atoms. The SMILES string of the molecule is Cc1cc(S)c2c(c1)cc(C(N)=O)n2C. The van der Waals surface area contributed by atoms with Crippen molar-refractivity contribution in [1.29, 1.82) is 0 Å². The van der Waals surface area contributed by atoms with Gasteiger partial charge in [0.25, 0.3) is 5.91 Å². The monoisotopic (exact) mass is 220 g/mol. The molecule has 2 N–H and O–H groups in total. The molecule has 2 rings (SSSR count). The number of nitrogens with zero attached hydrogens (tertiary/aromatic N) is 1. The van der Waals surface area contributed by atoms with Crippen LogP contribution in [0.2, 0.25) is 0 Å². The quantitative estimate of drug-likeness (QED) is 0.708. The predicted molar refractivity (Wildman–Crippen MR) is 63.4 cm³/mol. The summed E-state index contributed by atoms with van der Waals surface area (Å²) in [5.41, 5.74) is 7.85. The number of hydrogen-bond donors (Lipinski definition) is 2. The van der Waals surface area contributed by atoms with Crippen LogP contribution in [0.1, 0.15) is 16.1 Å². The summed E-state index contributed by atoms with van der Waals surface area (Å²) in [4.78, 5) is 12.0. The summed E-state index contributed by atoms with van der Waals surface area (Å²) in [6.45, 7) is 2.00. The molecule has 0 aliphatic rings. The molecule has 78 valence electrons. The van der Waals surface area contributed by atoms with Crippen LogP contribution in [0.3, 0.4) is 0 Å². The minimum atomic E-state index is -0.418. The number of thiol groups is 1. The van der Waals surface area contributed by atoms with Crippen molar-refractivity contribution in [2.24, 2.45) is 12.8 Å². The molecule has 0 saturated heterocycles. The van der Waals surface area contributed by atoms with E-state index in [9.17, 15) is 4.79 Å². The van der Waals surface area contributed by atoms with Crippen LogP contribution in [0.5, 0.6) is 0 Å². The maximum atomic E-state index is 11.2. The van der Waals surface area contributed by atoms with Gasteiger partial charge in [-0.25, -0.2) is 0 Å². The van der Waals surface area contributed by atoms with E-state index >= 15 is 0 Å². The Kier molecular flexibility index (Phi) is 2.23. The number of amides is 1. The van der Waals surface area contributed by atoms with Gasteiger partial charge < -0.3 is 10.3 Å². The predicted octanol–water partition coefficient (Wildman–Crippen LogP) is 1.87. The third kappa shape index (κ3) is 1.51. The van der Waals surface area contributed by atoms with Gasteiger partial charge in [-0.2, -0.15) is 0 Å². The van der Waals surface area contributed by atoms with E-state index in [0.717, 1.165) is 21.4 Å². The number of benzene rings is 1. The smallest absolute Gasteiger partial charge is 0.265 e. The van der Waals surface area contributed by atoms with Gasteiger partial charge in [0, 0.05) is 17.3 Å². The van der Waals surface area contributed by atoms with Crippen molar-refractivity contribution in [2.45, 2.75) is 11.8 Å². The van der Waals surface area contributed by atoms with Crippen LogP contribution in [0, 0.1) is 6.92 Å². The third-order valence-corrected chi connectivity index (χ3v) is 2.85. The molecule has 0 bridgehead atoms. The number of carbonyl (C=O) groups is 1. The van der Waals surface area contributed by atoms with E-state index in [4.69, 9.17) is 5.73 Å². The highest BCUT2D eigenvalue weighted by molar-refractivity contribution is 7.80. The number of carbonyl (C=O) groups excluding carboxylic acids is 1. The lowest BCUT2D eigenvalue weighted by Gasteiger charge is -2.03. The Labute approximate surface area is 93.3 Å². The number of hydrogen-bond acceptors (Lipinski definition) is 2. The first-order chi connectivity index (χ1) is 7.00. The number of rotatable bonds is 1. The van der Waals surface area contributed by atoms with E-state index < -0.39 is 5.91 Å². The van der Waals surface area contributed by atoms with E-state index in [-0.39, 0.29) is 0 Å². The first-order valence-electron chi connectivity index (χ1n) is 4.59. The molecule has 0 aliphatic heterocycles. The maximum Gasteiger partial charge on any atom is 0.265 e. The second-order valence-corrected chi connectivity index (χ2v) is 4.16. The average molecular weight is 220 g/mol. The average Bonchev–Trinajstić information content (AvgIpc) is 2.42. The molecule has 0 saturated carbocycles. The summed E-state index contributed by atoms with van der Waals surface area (Å²) < 4.78 is 1.78. The molecule has 0 spiro atoms. The van der Waals surface area contributed by atoms with Gasteiger partial charge in [0.15, 0.2) is 0 Å². The second-order valence-electron chi connectivity index (χ2n) is 3.67. The number of aryl methyl sites for hydroxylation is 2. The number of nitrogens with two attached hydrogens (primary N) is 1. The minimum Gasteiger partial charge on any atom is -0.364 e. The second kappa shape index (κ2) is 3.31. The highest BCUT2D eigenvalue weighted by atomic mass is 32.1. The lowest BCUT2D eigenvalue weighted by molar-refractivity contribution is 0.0993. The van der Waals surface area contributed by atoms with Crippen LogP contribution in [0.25, 0.3) is 10.9 Å². The van der Waals surface area contributed by atoms with Crippen LogP contribution in [0.15, 0.2) is 23.1 Å². The molecule has 1 aromatic heterocycles. The molecule has 1 heterocycles. The standard InChI is InChI=1S/C11H12N2OS/c1-6-3-7-5-8(11(12)14)13(2)10(7)9(15)4-6/h3-5,15H,1-2H3,(H2,12,14). The van der Waals surface area contributed by atoms with E-state index in [0.29, 0.717) is 5.69 Å². The van der Waals surface area contributed by atoms with E-state index in [1.165, 1.54) is 0 Å². The Morgan fingerprint density at radius 3 is 2.67 bits per heavy atom. The van der Waals surface area contributed by atoms with Crippen molar-refractivity contribution in [3.63, 3.8) is 0 Å². The van der Waals surface area contributed by atoms with E-state index in [2.05, 4.69) is 12.6 Å². The zero-order valence-corrected chi connectivity index (χ0v) is 9.51. The lowest BCUT2D eigenvalue weighted by atomic mass is 10.2. The number of fused-ring (bicyclic) bond motifs is 1. The molecular weight excluding hydrogens is 208 g/mol. The van der Waals surface area contributed by atoms with Gasteiger partial charge in [0.05, 0.1) is 5.52 Å². The topological polar surface area (TPSA) is 48.0 Å². The summed E-state index contributed by atoms with van der Waals surface area (Å²) in [6, 6.07) is 5.78. The first kappa shape index (κ1) is 10.1. The minimum absolute atomic E-state index is 0.418. The van der Waals surface area contributed by atoms with Crippen molar-refractivity contribution in [1.82, 2.24) is 4.57 Å². The van der Waals surface area contributed by atoms with Crippen molar-refractivity contribution in [3.05, 3.63) is 29.5 Å². The van der Waals surface area contributed by atoms with Gasteiger partial charge >= 0.3 is 0 Å². The zero-order valence-electron chi connectivity index (χ0n) is 8.61. The summed E-state index contributed by atoms with van der Waals surface area (Å²) in [5.74, 6) is -0.418. The molecule has 0 fully saturated rings. The molecule has 0 aliphatic carbocycles. The van der Waals surface area contributed by atoms with Crippen LogP contribution in [0.4, 0.5) is 0 Å². The fraction of sp³-hybridized carbons (Fsp3) is 0.182. The summed E-state index contributed by atoms with van der Waals surface area (Å²) in [6.07, 6.45) is 0. The molecule has 1 amide bonds. The highest BCUT2D eigenvalue weighted by Crippen LogP contribution is 2.26. The fourth-order valence-corrected chi connectivity index (χ4v) is 2.35. The van der Waals surface area contributed by atoms with Gasteiger partial charge in [-0.3, -0.25) is 4.79 Å². The molecule has 0 atom stereocenters. The van der Waals surface area contributed by atoms with Gasteiger partial charge in [-0.05, 0) is 30.7 Å². The Bertz CT molecular complexity index is 557. The van der Waals surface area contributed by atoms with Gasteiger partial charge in [-0.15, -0.1) is 12.6 Å². The summed E-state index contributed by atoms with van der Waals surface area (Å²) in [7, 11) is 1.82. The molecule has 0 radical (unpaired) electrons. The van der Waals surface area contributed by atoms with Crippen LogP contribution in [-0.2, 0) is 7.05 Å². The first-order valence-corrected chi connectivity index (χ1v) is 5.04. The van der Waals surface area contributed by atoms with Gasteiger partial charge in [0.1, 0.15) is 5.69 Å². The number of primary amides is 1.